The number of aryl methyl sites for hydroxylation is 1. The molecule has 0 saturated carbocycles. The minimum atomic E-state index is 0.233. The van der Waals surface area contributed by atoms with E-state index in [2.05, 4.69) is 41.1 Å². The third kappa shape index (κ3) is 3.16. The molecule has 4 nitrogen and oxygen atoms in total. The molecular weight excluding hydrogens is 258 g/mol. The van der Waals surface area contributed by atoms with Gasteiger partial charge >= 0.3 is 0 Å². The SMILES string of the molecule is CCNC(Cc1ccsc1)c1c(OC)cnn1CC. The Bertz CT molecular complexity index is 471. The Morgan fingerprint density at radius 3 is 2.89 bits per heavy atom. The summed E-state index contributed by atoms with van der Waals surface area (Å²) in [5, 5.41) is 12.2. The second-order valence-corrected chi connectivity index (χ2v) is 5.14. The van der Waals surface area contributed by atoms with Crippen LogP contribution < -0.4 is 10.1 Å². The minimum Gasteiger partial charge on any atom is -0.493 e. The van der Waals surface area contributed by atoms with Crippen molar-refractivity contribution in [2.24, 2.45) is 0 Å². The van der Waals surface area contributed by atoms with Gasteiger partial charge in [-0.1, -0.05) is 6.92 Å². The fraction of sp³-hybridized carbons (Fsp3) is 0.500. The van der Waals surface area contributed by atoms with E-state index < -0.39 is 0 Å². The van der Waals surface area contributed by atoms with E-state index in [0.29, 0.717) is 0 Å². The number of nitrogens with zero attached hydrogens (tertiary/aromatic N) is 2. The van der Waals surface area contributed by atoms with Gasteiger partial charge in [-0.3, -0.25) is 4.68 Å². The number of hydrogen-bond acceptors (Lipinski definition) is 4. The zero-order valence-corrected chi connectivity index (χ0v) is 12.5. The van der Waals surface area contributed by atoms with Crippen molar-refractivity contribution >= 4 is 11.3 Å². The molecule has 1 N–H and O–H groups in total. The minimum absolute atomic E-state index is 0.233. The first-order chi connectivity index (χ1) is 9.30. The van der Waals surface area contributed by atoms with E-state index in [0.717, 1.165) is 31.0 Å². The van der Waals surface area contributed by atoms with Gasteiger partial charge in [0.1, 0.15) is 0 Å². The van der Waals surface area contributed by atoms with E-state index in [9.17, 15) is 0 Å². The molecule has 1 atom stereocenters. The topological polar surface area (TPSA) is 39.1 Å². The summed E-state index contributed by atoms with van der Waals surface area (Å²) in [4.78, 5) is 0. The quantitative estimate of drug-likeness (QED) is 0.847. The van der Waals surface area contributed by atoms with Crippen molar-refractivity contribution in [2.75, 3.05) is 13.7 Å². The number of aromatic nitrogens is 2. The maximum Gasteiger partial charge on any atom is 0.161 e. The molecule has 1 unspecified atom stereocenters. The van der Waals surface area contributed by atoms with Gasteiger partial charge in [-0.05, 0) is 42.3 Å². The molecule has 0 radical (unpaired) electrons. The molecule has 2 heterocycles. The average Bonchev–Trinajstić information content (AvgIpc) is 3.06. The first-order valence-corrected chi connectivity index (χ1v) is 7.58. The summed E-state index contributed by atoms with van der Waals surface area (Å²) in [7, 11) is 1.70. The van der Waals surface area contributed by atoms with Gasteiger partial charge in [0.15, 0.2) is 5.75 Å². The van der Waals surface area contributed by atoms with Crippen LogP contribution in [-0.2, 0) is 13.0 Å². The average molecular weight is 279 g/mol. The number of nitrogens with one attached hydrogen (secondary N) is 1. The maximum atomic E-state index is 5.45. The molecule has 0 saturated heterocycles. The molecule has 5 heteroatoms. The first kappa shape index (κ1) is 14.1. The number of ether oxygens (including phenoxy) is 1. The molecule has 2 aromatic rings. The van der Waals surface area contributed by atoms with Crippen LogP contribution in [0.3, 0.4) is 0 Å². The highest BCUT2D eigenvalue weighted by molar-refractivity contribution is 7.07. The number of likely N-dealkylation sites (N-methyl/N-ethyl adjacent to an activating group) is 1. The highest BCUT2D eigenvalue weighted by Gasteiger charge is 2.21. The largest absolute Gasteiger partial charge is 0.493 e. The van der Waals surface area contributed by atoms with Crippen molar-refractivity contribution in [3.8, 4) is 5.75 Å². The molecular formula is C14H21N3OS. The van der Waals surface area contributed by atoms with Gasteiger partial charge in [0.25, 0.3) is 0 Å². The van der Waals surface area contributed by atoms with Gasteiger partial charge in [0, 0.05) is 6.54 Å². The van der Waals surface area contributed by atoms with Crippen molar-refractivity contribution in [1.82, 2.24) is 15.1 Å². The summed E-state index contributed by atoms with van der Waals surface area (Å²) in [6.07, 6.45) is 2.76. The van der Waals surface area contributed by atoms with E-state index in [1.54, 1.807) is 24.6 Å². The summed E-state index contributed by atoms with van der Waals surface area (Å²) >= 11 is 1.74. The summed E-state index contributed by atoms with van der Waals surface area (Å²) in [6.45, 7) is 6.00. The van der Waals surface area contributed by atoms with Crippen molar-refractivity contribution < 1.29 is 4.74 Å². The van der Waals surface area contributed by atoms with Crippen LogP contribution in [0.2, 0.25) is 0 Å². The normalized spacial score (nSPS) is 12.6. The smallest absolute Gasteiger partial charge is 0.161 e. The molecule has 0 amide bonds. The maximum absolute atomic E-state index is 5.45. The lowest BCUT2D eigenvalue weighted by Gasteiger charge is -2.20. The summed E-state index contributed by atoms with van der Waals surface area (Å²) in [6, 6.07) is 2.41. The van der Waals surface area contributed by atoms with Crippen LogP contribution >= 0.6 is 11.3 Å². The third-order valence-electron chi connectivity index (χ3n) is 3.16. The van der Waals surface area contributed by atoms with Gasteiger partial charge in [0.2, 0.25) is 0 Å². The number of methoxy groups -OCH3 is 1. The lowest BCUT2D eigenvalue weighted by atomic mass is 10.1. The van der Waals surface area contributed by atoms with Crippen LogP contribution in [0.1, 0.15) is 31.1 Å². The molecule has 0 spiro atoms. The highest BCUT2D eigenvalue weighted by atomic mass is 32.1. The van der Waals surface area contributed by atoms with Crippen LogP contribution in [0.4, 0.5) is 0 Å². The van der Waals surface area contributed by atoms with Crippen LogP contribution in [-0.4, -0.2) is 23.4 Å². The van der Waals surface area contributed by atoms with Crippen LogP contribution in [0, 0.1) is 0 Å². The molecule has 0 aromatic carbocycles. The molecule has 0 aliphatic rings. The summed E-state index contributed by atoms with van der Waals surface area (Å²) in [5.74, 6) is 0.864. The molecule has 19 heavy (non-hydrogen) atoms. The lowest BCUT2D eigenvalue weighted by molar-refractivity contribution is 0.391. The van der Waals surface area contributed by atoms with Gasteiger partial charge in [-0.25, -0.2) is 0 Å². The zero-order valence-electron chi connectivity index (χ0n) is 11.7. The van der Waals surface area contributed by atoms with E-state index in [1.807, 2.05) is 4.68 Å². The lowest BCUT2D eigenvalue weighted by Crippen LogP contribution is -2.26. The first-order valence-electron chi connectivity index (χ1n) is 6.64. The molecule has 0 aliphatic heterocycles. The Balaban J connectivity index is 2.29. The van der Waals surface area contributed by atoms with Gasteiger partial charge in [-0.2, -0.15) is 16.4 Å². The summed E-state index contributed by atoms with van der Waals surface area (Å²) in [5.41, 5.74) is 2.49. The number of rotatable bonds is 7. The molecule has 2 aromatic heterocycles. The van der Waals surface area contributed by atoms with Crippen molar-refractivity contribution in [1.29, 1.82) is 0 Å². The Hall–Kier alpha value is -1.33. The Labute approximate surface area is 118 Å². The monoisotopic (exact) mass is 279 g/mol. The number of hydrogen-bond donors (Lipinski definition) is 1. The second kappa shape index (κ2) is 6.73. The second-order valence-electron chi connectivity index (χ2n) is 4.36. The number of thiophene rings is 1. The Kier molecular flexibility index (Phi) is 4.99. The van der Waals surface area contributed by atoms with Crippen molar-refractivity contribution in [3.05, 3.63) is 34.3 Å². The predicted octanol–water partition coefficient (Wildman–Crippen LogP) is 2.87. The summed E-state index contributed by atoms with van der Waals surface area (Å²) < 4.78 is 7.47. The molecule has 0 fully saturated rings. The Morgan fingerprint density at radius 1 is 1.47 bits per heavy atom. The highest BCUT2D eigenvalue weighted by Crippen LogP contribution is 2.28. The molecule has 0 aliphatic carbocycles. The molecule has 104 valence electrons. The fourth-order valence-corrected chi connectivity index (χ4v) is 2.98. The van der Waals surface area contributed by atoms with Crippen LogP contribution in [0.5, 0.6) is 5.75 Å². The van der Waals surface area contributed by atoms with Crippen molar-refractivity contribution in [2.45, 2.75) is 32.9 Å². The van der Waals surface area contributed by atoms with Gasteiger partial charge < -0.3 is 10.1 Å². The van der Waals surface area contributed by atoms with Gasteiger partial charge in [-0.15, -0.1) is 0 Å². The zero-order chi connectivity index (χ0) is 13.7. The fourth-order valence-electron chi connectivity index (χ4n) is 2.29. The molecule has 2 rings (SSSR count). The van der Waals surface area contributed by atoms with E-state index in [-0.39, 0.29) is 6.04 Å². The van der Waals surface area contributed by atoms with E-state index in [4.69, 9.17) is 4.74 Å². The van der Waals surface area contributed by atoms with Gasteiger partial charge in [0.05, 0.1) is 25.0 Å². The van der Waals surface area contributed by atoms with Crippen LogP contribution in [0.15, 0.2) is 23.0 Å². The van der Waals surface area contributed by atoms with E-state index >= 15 is 0 Å². The Morgan fingerprint density at radius 2 is 2.32 bits per heavy atom. The molecule has 0 bridgehead atoms. The predicted molar refractivity (Wildman–Crippen MR) is 78.9 cm³/mol. The van der Waals surface area contributed by atoms with E-state index in [1.165, 1.54) is 5.56 Å². The third-order valence-corrected chi connectivity index (χ3v) is 3.90. The standard InChI is InChI=1S/C14H21N3OS/c1-4-15-12(8-11-6-7-19-10-11)14-13(18-3)9-16-17(14)5-2/h6-7,9-10,12,15H,4-5,8H2,1-3H3. The van der Waals surface area contributed by atoms with Crippen molar-refractivity contribution in [3.63, 3.8) is 0 Å². The van der Waals surface area contributed by atoms with Crippen LogP contribution in [0.25, 0.3) is 0 Å².